The first-order valence-corrected chi connectivity index (χ1v) is 9.15. The number of carbonyl (C=O) groups excluding carboxylic acids is 1. The van der Waals surface area contributed by atoms with Gasteiger partial charge in [0.05, 0.1) is 6.20 Å². The summed E-state index contributed by atoms with van der Waals surface area (Å²) in [5.41, 5.74) is 2.55. The molecule has 0 spiro atoms. The highest BCUT2D eigenvalue weighted by Gasteiger charge is 2.39. The first kappa shape index (κ1) is 17.8. The number of rotatable bonds is 5. The molecule has 2 unspecified atom stereocenters. The Morgan fingerprint density at radius 1 is 1.22 bits per heavy atom. The Hall–Kier alpha value is -2.61. The van der Waals surface area contributed by atoms with Crippen LogP contribution in [0.2, 0.25) is 0 Å². The van der Waals surface area contributed by atoms with Gasteiger partial charge in [-0.25, -0.2) is 4.68 Å². The van der Waals surface area contributed by atoms with E-state index in [9.17, 15) is 13.6 Å². The van der Waals surface area contributed by atoms with Crippen LogP contribution in [0.25, 0.3) is 11.1 Å². The van der Waals surface area contributed by atoms with Crippen LogP contribution < -0.4 is 5.32 Å². The highest BCUT2D eigenvalue weighted by Crippen LogP contribution is 2.41. The van der Waals surface area contributed by atoms with E-state index >= 15 is 0 Å². The molecule has 1 aliphatic carbocycles. The standard InChI is InChI=1S/C19H15BrF2N4O/c20-14-3-1-11(2-4-14)15-8-16(15)25-18(27)17-7-12(5-6-23-17)13-9-24-26(10-13)19(21)22/h1-7,9-10,15-16,19H,8H2,(H,25,27). The molecule has 5 nitrogen and oxygen atoms in total. The second-order valence-corrected chi connectivity index (χ2v) is 7.31. The zero-order chi connectivity index (χ0) is 19.0. The van der Waals surface area contributed by atoms with Crippen LogP contribution >= 0.6 is 15.9 Å². The van der Waals surface area contributed by atoms with Crippen molar-refractivity contribution in [1.29, 1.82) is 0 Å². The molecular formula is C19H15BrF2N4O. The number of halogens is 3. The second kappa shape index (κ2) is 7.19. The third-order valence-electron chi connectivity index (χ3n) is 4.53. The molecule has 2 heterocycles. The summed E-state index contributed by atoms with van der Waals surface area (Å²) in [6.07, 6.45) is 4.96. The van der Waals surface area contributed by atoms with Gasteiger partial charge in [-0.3, -0.25) is 9.78 Å². The van der Waals surface area contributed by atoms with Gasteiger partial charge in [0.25, 0.3) is 5.91 Å². The van der Waals surface area contributed by atoms with Gasteiger partial charge in [0.1, 0.15) is 5.69 Å². The van der Waals surface area contributed by atoms with E-state index in [4.69, 9.17) is 0 Å². The summed E-state index contributed by atoms with van der Waals surface area (Å²) in [7, 11) is 0. The molecule has 0 radical (unpaired) electrons. The lowest BCUT2D eigenvalue weighted by atomic mass is 10.1. The van der Waals surface area contributed by atoms with Crippen molar-refractivity contribution < 1.29 is 13.6 Å². The van der Waals surface area contributed by atoms with Crippen LogP contribution in [0.15, 0.2) is 59.5 Å². The predicted octanol–water partition coefficient (Wildman–Crippen LogP) is 4.39. The van der Waals surface area contributed by atoms with Crippen molar-refractivity contribution in [2.24, 2.45) is 0 Å². The molecule has 1 amide bonds. The van der Waals surface area contributed by atoms with E-state index in [0.29, 0.717) is 21.7 Å². The average molecular weight is 433 g/mol. The summed E-state index contributed by atoms with van der Waals surface area (Å²) in [5.74, 6) is 0.0252. The summed E-state index contributed by atoms with van der Waals surface area (Å²) in [4.78, 5) is 16.6. The van der Waals surface area contributed by atoms with E-state index in [1.165, 1.54) is 24.2 Å². The molecule has 1 aromatic carbocycles. The molecule has 1 saturated carbocycles. The summed E-state index contributed by atoms with van der Waals surface area (Å²) < 4.78 is 26.9. The van der Waals surface area contributed by atoms with Gasteiger partial charge in [0, 0.05) is 34.4 Å². The molecule has 1 N–H and O–H groups in total. The quantitative estimate of drug-likeness (QED) is 0.650. The van der Waals surface area contributed by atoms with E-state index in [2.05, 4.69) is 31.3 Å². The lowest BCUT2D eigenvalue weighted by molar-refractivity contribution is 0.0566. The minimum atomic E-state index is -2.70. The SMILES string of the molecule is O=C(NC1CC1c1ccc(Br)cc1)c1cc(-c2cnn(C(F)F)c2)ccn1. The van der Waals surface area contributed by atoms with Gasteiger partial charge < -0.3 is 5.32 Å². The van der Waals surface area contributed by atoms with Crippen LogP contribution in [0.1, 0.15) is 34.9 Å². The third-order valence-corrected chi connectivity index (χ3v) is 5.06. The van der Waals surface area contributed by atoms with Gasteiger partial charge in [-0.05, 0) is 41.8 Å². The molecule has 0 bridgehead atoms. The number of carbonyl (C=O) groups is 1. The monoisotopic (exact) mass is 432 g/mol. The number of amides is 1. The van der Waals surface area contributed by atoms with E-state index in [-0.39, 0.29) is 17.6 Å². The topological polar surface area (TPSA) is 59.8 Å². The van der Waals surface area contributed by atoms with Crippen molar-refractivity contribution in [2.45, 2.75) is 24.9 Å². The molecule has 0 aliphatic heterocycles. The first-order chi connectivity index (χ1) is 13.0. The van der Waals surface area contributed by atoms with E-state index in [1.807, 2.05) is 24.3 Å². The van der Waals surface area contributed by atoms with E-state index < -0.39 is 6.55 Å². The highest BCUT2D eigenvalue weighted by atomic mass is 79.9. The fourth-order valence-corrected chi connectivity index (χ4v) is 3.27. The maximum Gasteiger partial charge on any atom is 0.333 e. The predicted molar refractivity (Wildman–Crippen MR) is 99.5 cm³/mol. The number of pyridine rings is 1. The van der Waals surface area contributed by atoms with Gasteiger partial charge in [-0.1, -0.05) is 28.1 Å². The summed E-state index contributed by atoms with van der Waals surface area (Å²) in [6, 6.07) is 11.4. The molecule has 1 aliphatic rings. The van der Waals surface area contributed by atoms with Gasteiger partial charge >= 0.3 is 6.55 Å². The first-order valence-electron chi connectivity index (χ1n) is 8.36. The molecule has 138 valence electrons. The van der Waals surface area contributed by atoms with Crippen molar-refractivity contribution >= 4 is 21.8 Å². The zero-order valence-electron chi connectivity index (χ0n) is 14.0. The lowest BCUT2D eigenvalue weighted by Gasteiger charge is -2.06. The maximum absolute atomic E-state index is 12.7. The number of hydrogen-bond donors (Lipinski definition) is 1. The van der Waals surface area contributed by atoms with Crippen LogP contribution in [0.4, 0.5) is 8.78 Å². The van der Waals surface area contributed by atoms with Gasteiger partial charge in [-0.2, -0.15) is 13.9 Å². The van der Waals surface area contributed by atoms with Crippen molar-refractivity contribution in [3.8, 4) is 11.1 Å². The van der Waals surface area contributed by atoms with Crippen LogP contribution in [0.3, 0.4) is 0 Å². The second-order valence-electron chi connectivity index (χ2n) is 6.39. The Morgan fingerprint density at radius 2 is 2.00 bits per heavy atom. The smallest absolute Gasteiger partial charge is 0.333 e. The molecule has 3 aromatic rings. The largest absolute Gasteiger partial charge is 0.347 e. The number of benzene rings is 1. The molecule has 4 rings (SSSR count). The molecule has 1 fully saturated rings. The Bertz CT molecular complexity index is 974. The highest BCUT2D eigenvalue weighted by molar-refractivity contribution is 9.10. The lowest BCUT2D eigenvalue weighted by Crippen LogP contribution is -2.27. The van der Waals surface area contributed by atoms with E-state index in [1.54, 1.807) is 12.1 Å². The summed E-state index contributed by atoms with van der Waals surface area (Å²) in [5, 5.41) is 6.60. The summed E-state index contributed by atoms with van der Waals surface area (Å²) >= 11 is 3.41. The fraction of sp³-hybridized carbons (Fsp3) is 0.211. The maximum atomic E-state index is 12.7. The number of hydrogen-bond acceptors (Lipinski definition) is 3. The van der Waals surface area contributed by atoms with Crippen LogP contribution in [-0.4, -0.2) is 26.7 Å². The Kier molecular flexibility index (Phi) is 4.73. The number of aromatic nitrogens is 3. The number of nitrogens with one attached hydrogen (secondary N) is 1. The number of alkyl halides is 2. The molecular weight excluding hydrogens is 418 g/mol. The molecule has 2 aromatic heterocycles. The Balaban J connectivity index is 1.44. The Labute approximate surface area is 162 Å². The minimum absolute atomic E-state index is 0.0747. The third kappa shape index (κ3) is 3.90. The van der Waals surface area contributed by atoms with Crippen LogP contribution in [0.5, 0.6) is 0 Å². The molecule has 27 heavy (non-hydrogen) atoms. The average Bonchev–Trinajstić information content (AvgIpc) is 3.24. The molecule has 8 heteroatoms. The van der Waals surface area contributed by atoms with Gasteiger partial charge in [0.2, 0.25) is 0 Å². The molecule has 0 saturated heterocycles. The minimum Gasteiger partial charge on any atom is -0.347 e. The zero-order valence-corrected chi connectivity index (χ0v) is 15.6. The summed E-state index contributed by atoms with van der Waals surface area (Å²) in [6.45, 7) is -2.70. The van der Waals surface area contributed by atoms with Crippen molar-refractivity contribution in [1.82, 2.24) is 20.1 Å². The number of nitrogens with zero attached hydrogens (tertiary/aromatic N) is 3. The van der Waals surface area contributed by atoms with E-state index in [0.717, 1.165) is 10.9 Å². The van der Waals surface area contributed by atoms with Crippen LogP contribution in [0, 0.1) is 0 Å². The van der Waals surface area contributed by atoms with Gasteiger partial charge in [-0.15, -0.1) is 0 Å². The van der Waals surface area contributed by atoms with Crippen molar-refractivity contribution in [3.05, 3.63) is 70.7 Å². The Morgan fingerprint density at radius 3 is 2.70 bits per heavy atom. The fourth-order valence-electron chi connectivity index (χ4n) is 3.00. The van der Waals surface area contributed by atoms with Crippen molar-refractivity contribution in [3.63, 3.8) is 0 Å². The van der Waals surface area contributed by atoms with Crippen LogP contribution in [-0.2, 0) is 0 Å². The normalized spacial score (nSPS) is 18.5. The van der Waals surface area contributed by atoms with Gasteiger partial charge in [0.15, 0.2) is 0 Å². The van der Waals surface area contributed by atoms with Crippen molar-refractivity contribution in [2.75, 3.05) is 0 Å². The molecule has 2 atom stereocenters.